The van der Waals surface area contributed by atoms with Crippen molar-refractivity contribution in [2.75, 3.05) is 35.6 Å². The fraction of sp³-hybridized carbons (Fsp3) is 0.667. The Morgan fingerprint density at radius 1 is 1.61 bits per heavy atom. The Morgan fingerprint density at radius 2 is 2.44 bits per heavy atom. The molecule has 2 heterocycles. The summed E-state index contributed by atoms with van der Waals surface area (Å²) in [7, 11) is 0. The third kappa shape index (κ3) is 3.42. The van der Waals surface area contributed by atoms with E-state index in [4.69, 9.17) is 11.6 Å². The lowest BCUT2D eigenvalue weighted by atomic mass is 10.3. The van der Waals surface area contributed by atoms with Crippen molar-refractivity contribution in [3.8, 4) is 0 Å². The average molecular weight is 287 g/mol. The molecule has 0 bridgehead atoms. The van der Waals surface area contributed by atoms with Crippen LogP contribution in [0.3, 0.4) is 0 Å². The number of aromatic nitrogens is 2. The highest BCUT2D eigenvalue weighted by Gasteiger charge is 2.20. The second-order valence-corrected chi connectivity index (χ2v) is 6.37. The van der Waals surface area contributed by atoms with Crippen LogP contribution in [-0.4, -0.2) is 40.6 Å². The molecule has 18 heavy (non-hydrogen) atoms. The molecule has 1 aliphatic rings. The van der Waals surface area contributed by atoms with Gasteiger partial charge >= 0.3 is 0 Å². The lowest BCUT2D eigenvalue weighted by molar-refractivity contribution is 0.768. The zero-order valence-corrected chi connectivity index (χ0v) is 12.4. The molecule has 1 atom stereocenters. The molecular weight excluding hydrogens is 268 g/mol. The molecule has 1 fully saturated rings. The summed E-state index contributed by atoms with van der Waals surface area (Å²) in [6, 6.07) is 0. The topological polar surface area (TPSA) is 41.1 Å². The van der Waals surface area contributed by atoms with Crippen LogP contribution in [0, 0.1) is 0 Å². The summed E-state index contributed by atoms with van der Waals surface area (Å²) in [6.07, 6.45) is 2.74. The molecule has 1 saturated heterocycles. The van der Waals surface area contributed by atoms with Crippen molar-refractivity contribution in [2.24, 2.45) is 0 Å². The Balaban J connectivity index is 2.14. The smallest absolute Gasteiger partial charge is 0.224 e. The van der Waals surface area contributed by atoms with Crippen LogP contribution in [0.1, 0.15) is 20.3 Å². The summed E-state index contributed by atoms with van der Waals surface area (Å²) >= 11 is 8.21. The van der Waals surface area contributed by atoms with Crippen molar-refractivity contribution >= 4 is 35.1 Å². The van der Waals surface area contributed by atoms with Gasteiger partial charge in [-0.05, 0) is 6.42 Å². The standard InChI is InChI=1S/C12H19ClN4S/c1-3-4-14-12-15-7-10(13)11(16-12)17-5-6-18-9(2)8-17/h7,9H,3-6,8H2,1-2H3,(H,14,15,16). The molecule has 100 valence electrons. The number of nitrogens with one attached hydrogen (secondary N) is 1. The minimum absolute atomic E-state index is 0.622. The molecule has 0 aliphatic carbocycles. The fourth-order valence-corrected chi connectivity index (χ4v) is 3.14. The Bertz CT molecular complexity index is 402. The van der Waals surface area contributed by atoms with Gasteiger partial charge in [0.25, 0.3) is 0 Å². The first-order chi connectivity index (χ1) is 8.70. The van der Waals surface area contributed by atoms with Gasteiger partial charge < -0.3 is 10.2 Å². The van der Waals surface area contributed by atoms with Crippen LogP contribution in [0.2, 0.25) is 5.02 Å². The van der Waals surface area contributed by atoms with Gasteiger partial charge in [-0.1, -0.05) is 25.4 Å². The van der Waals surface area contributed by atoms with Gasteiger partial charge in [-0.15, -0.1) is 0 Å². The molecule has 2 rings (SSSR count). The van der Waals surface area contributed by atoms with Gasteiger partial charge in [-0.3, -0.25) is 0 Å². The minimum Gasteiger partial charge on any atom is -0.354 e. The van der Waals surface area contributed by atoms with E-state index in [9.17, 15) is 0 Å². The Kier molecular flexibility index (Phi) is 4.95. The van der Waals surface area contributed by atoms with Gasteiger partial charge in [0.1, 0.15) is 5.02 Å². The molecule has 6 heteroatoms. The van der Waals surface area contributed by atoms with Crippen LogP contribution in [0.5, 0.6) is 0 Å². The fourth-order valence-electron chi connectivity index (χ4n) is 1.91. The molecule has 4 nitrogen and oxygen atoms in total. The highest BCUT2D eigenvalue weighted by atomic mass is 35.5. The summed E-state index contributed by atoms with van der Waals surface area (Å²) in [6.45, 7) is 7.23. The van der Waals surface area contributed by atoms with Crippen molar-refractivity contribution in [1.29, 1.82) is 0 Å². The van der Waals surface area contributed by atoms with Crippen molar-refractivity contribution in [1.82, 2.24) is 9.97 Å². The molecule has 1 aromatic rings. The highest BCUT2D eigenvalue weighted by molar-refractivity contribution is 8.00. The molecule has 0 radical (unpaired) electrons. The van der Waals surface area contributed by atoms with Crippen molar-refractivity contribution < 1.29 is 0 Å². The number of hydrogen-bond donors (Lipinski definition) is 1. The largest absolute Gasteiger partial charge is 0.354 e. The predicted octanol–water partition coefficient (Wildman–Crippen LogP) is 2.89. The normalized spacial score (nSPS) is 19.9. The van der Waals surface area contributed by atoms with Crippen LogP contribution in [-0.2, 0) is 0 Å². The zero-order chi connectivity index (χ0) is 13.0. The van der Waals surface area contributed by atoms with E-state index in [2.05, 4.69) is 34.0 Å². The Morgan fingerprint density at radius 3 is 3.17 bits per heavy atom. The Hall–Kier alpha value is -0.680. The number of nitrogens with zero attached hydrogens (tertiary/aromatic N) is 3. The number of anilines is 2. The van der Waals surface area contributed by atoms with Crippen LogP contribution in [0.4, 0.5) is 11.8 Å². The molecule has 0 amide bonds. The number of rotatable bonds is 4. The van der Waals surface area contributed by atoms with E-state index in [1.807, 2.05) is 11.8 Å². The zero-order valence-electron chi connectivity index (χ0n) is 10.8. The molecular formula is C12H19ClN4S. The number of thioether (sulfide) groups is 1. The van der Waals surface area contributed by atoms with Gasteiger partial charge in [0.05, 0.1) is 6.20 Å². The average Bonchev–Trinajstić information content (AvgIpc) is 2.38. The molecule has 1 N–H and O–H groups in total. The molecule has 1 aromatic heterocycles. The molecule has 0 saturated carbocycles. The molecule has 0 aromatic carbocycles. The van der Waals surface area contributed by atoms with Crippen LogP contribution in [0.15, 0.2) is 6.20 Å². The molecule has 0 spiro atoms. The lowest BCUT2D eigenvalue weighted by Gasteiger charge is -2.32. The van der Waals surface area contributed by atoms with Crippen molar-refractivity contribution in [2.45, 2.75) is 25.5 Å². The van der Waals surface area contributed by atoms with Crippen LogP contribution < -0.4 is 10.2 Å². The van der Waals surface area contributed by atoms with Crippen LogP contribution in [0.25, 0.3) is 0 Å². The van der Waals surface area contributed by atoms with Gasteiger partial charge in [-0.2, -0.15) is 16.7 Å². The summed E-state index contributed by atoms with van der Waals surface area (Å²) in [5.41, 5.74) is 0. The van der Waals surface area contributed by atoms with Gasteiger partial charge in [0.2, 0.25) is 5.95 Å². The predicted molar refractivity (Wildman–Crippen MR) is 80.0 cm³/mol. The first-order valence-corrected chi connectivity index (χ1v) is 7.76. The van der Waals surface area contributed by atoms with Crippen molar-refractivity contribution in [3.63, 3.8) is 0 Å². The summed E-state index contributed by atoms with van der Waals surface area (Å²) in [5, 5.41) is 4.46. The second kappa shape index (κ2) is 6.48. The van der Waals surface area contributed by atoms with E-state index in [0.29, 0.717) is 16.2 Å². The quantitative estimate of drug-likeness (QED) is 0.922. The molecule has 1 unspecified atom stereocenters. The van der Waals surface area contributed by atoms with Crippen LogP contribution >= 0.6 is 23.4 Å². The summed E-state index contributed by atoms with van der Waals surface area (Å²) in [4.78, 5) is 11.0. The van der Waals surface area contributed by atoms with Gasteiger partial charge in [0, 0.05) is 30.6 Å². The Labute approximate surface area is 118 Å². The first kappa shape index (κ1) is 13.7. The maximum atomic E-state index is 6.21. The van der Waals surface area contributed by atoms with E-state index in [1.54, 1.807) is 6.20 Å². The van der Waals surface area contributed by atoms with E-state index >= 15 is 0 Å². The first-order valence-electron chi connectivity index (χ1n) is 6.33. The summed E-state index contributed by atoms with van der Waals surface area (Å²) < 4.78 is 0. The van der Waals surface area contributed by atoms with Gasteiger partial charge in [-0.25, -0.2) is 4.98 Å². The molecule has 1 aliphatic heterocycles. The number of halogens is 1. The minimum atomic E-state index is 0.622. The van der Waals surface area contributed by atoms with E-state index in [0.717, 1.165) is 37.6 Å². The maximum Gasteiger partial charge on any atom is 0.224 e. The van der Waals surface area contributed by atoms with E-state index < -0.39 is 0 Å². The lowest BCUT2D eigenvalue weighted by Crippen LogP contribution is -2.37. The third-order valence-electron chi connectivity index (χ3n) is 2.80. The van der Waals surface area contributed by atoms with Gasteiger partial charge in [0.15, 0.2) is 5.82 Å². The highest BCUT2D eigenvalue weighted by Crippen LogP contribution is 2.28. The van der Waals surface area contributed by atoms with E-state index in [1.165, 1.54) is 0 Å². The third-order valence-corrected chi connectivity index (χ3v) is 4.20. The van der Waals surface area contributed by atoms with Crippen molar-refractivity contribution in [3.05, 3.63) is 11.2 Å². The monoisotopic (exact) mass is 286 g/mol. The maximum absolute atomic E-state index is 6.21. The number of hydrogen-bond acceptors (Lipinski definition) is 5. The van der Waals surface area contributed by atoms with E-state index in [-0.39, 0.29) is 0 Å². The summed E-state index contributed by atoms with van der Waals surface area (Å²) in [5.74, 6) is 2.65. The SMILES string of the molecule is CCCNc1ncc(Cl)c(N2CCSC(C)C2)n1. The second-order valence-electron chi connectivity index (χ2n) is 4.42.